The summed E-state index contributed by atoms with van der Waals surface area (Å²) in [6.07, 6.45) is 5.34. The third-order valence-electron chi connectivity index (χ3n) is 3.83. The molecule has 2 aromatic carbocycles. The quantitative estimate of drug-likeness (QED) is 0.860. The van der Waals surface area contributed by atoms with E-state index in [0.717, 1.165) is 17.0 Å². The van der Waals surface area contributed by atoms with Crippen LogP contribution >= 0.6 is 0 Å². The number of ether oxygens (including phenoxy) is 2. The molecule has 1 amide bonds. The molecule has 0 aliphatic carbocycles. The van der Waals surface area contributed by atoms with Gasteiger partial charge in [-0.15, -0.1) is 6.42 Å². The van der Waals surface area contributed by atoms with Gasteiger partial charge in [0.05, 0.1) is 19.3 Å². The Bertz CT molecular complexity index is 795. The Kier molecular flexibility index (Phi) is 4.57. The number of rotatable bonds is 5. The molecule has 5 heteroatoms. The number of nitrogens with one attached hydrogen (secondary N) is 1. The van der Waals surface area contributed by atoms with Crippen molar-refractivity contribution in [3.63, 3.8) is 0 Å². The van der Waals surface area contributed by atoms with Gasteiger partial charge in [0.25, 0.3) is 5.91 Å². The first-order valence-corrected chi connectivity index (χ1v) is 7.59. The summed E-state index contributed by atoms with van der Waals surface area (Å²) in [6.45, 7) is 0.865. The van der Waals surface area contributed by atoms with Gasteiger partial charge in [0.15, 0.2) is 6.61 Å². The van der Waals surface area contributed by atoms with E-state index in [2.05, 4.69) is 11.2 Å². The number of anilines is 2. The summed E-state index contributed by atoms with van der Waals surface area (Å²) >= 11 is 0. The van der Waals surface area contributed by atoms with E-state index in [9.17, 15) is 4.79 Å². The number of hydrogen-bond donors (Lipinski definition) is 1. The van der Waals surface area contributed by atoms with E-state index in [0.29, 0.717) is 18.0 Å². The first kappa shape index (κ1) is 15.8. The van der Waals surface area contributed by atoms with E-state index in [-0.39, 0.29) is 19.1 Å². The third-order valence-corrected chi connectivity index (χ3v) is 3.83. The molecule has 1 aliphatic heterocycles. The largest absolute Gasteiger partial charge is 0.496 e. The van der Waals surface area contributed by atoms with Crippen molar-refractivity contribution in [1.29, 1.82) is 0 Å². The molecular formula is C19H18N2O3. The number of hydrogen-bond acceptors (Lipinski definition) is 4. The summed E-state index contributed by atoms with van der Waals surface area (Å²) in [7, 11) is 1.66. The minimum atomic E-state index is -0.129. The number of methoxy groups -OCH3 is 1. The predicted molar refractivity (Wildman–Crippen MR) is 93.4 cm³/mol. The highest BCUT2D eigenvalue weighted by atomic mass is 16.5. The number of amides is 1. The van der Waals surface area contributed by atoms with Crippen molar-refractivity contribution >= 4 is 17.3 Å². The van der Waals surface area contributed by atoms with E-state index in [4.69, 9.17) is 15.9 Å². The smallest absolute Gasteiger partial charge is 0.265 e. The highest BCUT2D eigenvalue weighted by molar-refractivity contribution is 5.98. The number of nitrogens with zero attached hydrogens (tertiary/aromatic N) is 1. The fraction of sp³-hybridized carbons (Fsp3) is 0.211. The van der Waals surface area contributed by atoms with Crippen LogP contribution in [0.4, 0.5) is 11.4 Å². The molecule has 0 spiro atoms. The van der Waals surface area contributed by atoms with Gasteiger partial charge in [0.2, 0.25) is 0 Å². The van der Waals surface area contributed by atoms with Crippen LogP contribution in [0.5, 0.6) is 11.5 Å². The van der Waals surface area contributed by atoms with E-state index in [1.54, 1.807) is 12.0 Å². The van der Waals surface area contributed by atoms with Crippen LogP contribution < -0.4 is 19.7 Å². The molecule has 1 aliphatic rings. The molecule has 0 bridgehead atoms. The Morgan fingerprint density at radius 2 is 2.17 bits per heavy atom. The number of carbonyl (C=O) groups excluding carboxylic acids is 1. The molecule has 0 saturated carbocycles. The van der Waals surface area contributed by atoms with E-state index >= 15 is 0 Å². The van der Waals surface area contributed by atoms with Gasteiger partial charge in [-0.3, -0.25) is 9.69 Å². The van der Waals surface area contributed by atoms with Crippen LogP contribution in [0.2, 0.25) is 0 Å². The second-order valence-corrected chi connectivity index (χ2v) is 5.32. The lowest BCUT2D eigenvalue weighted by Gasteiger charge is -2.28. The molecule has 122 valence electrons. The Morgan fingerprint density at radius 3 is 2.96 bits per heavy atom. The van der Waals surface area contributed by atoms with Crippen molar-refractivity contribution in [2.45, 2.75) is 6.54 Å². The fourth-order valence-electron chi connectivity index (χ4n) is 2.63. The molecule has 1 heterocycles. The predicted octanol–water partition coefficient (Wildman–Crippen LogP) is 2.67. The van der Waals surface area contributed by atoms with E-state index in [1.807, 2.05) is 42.5 Å². The molecule has 0 radical (unpaired) electrons. The van der Waals surface area contributed by atoms with Gasteiger partial charge in [0, 0.05) is 23.9 Å². The molecular weight excluding hydrogens is 304 g/mol. The minimum absolute atomic E-state index is 0.00460. The van der Waals surface area contributed by atoms with Gasteiger partial charge in [-0.05, 0) is 18.2 Å². The molecule has 1 N–H and O–H groups in total. The van der Waals surface area contributed by atoms with Gasteiger partial charge < -0.3 is 14.8 Å². The topological polar surface area (TPSA) is 50.8 Å². The maximum absolute atomic E-state index is 11.9. The van der Waals surface area contributed by atoms with E-state index < -0.39 is 0 Å². The number of benzene rings is 2. The lowest BCUT2D eigenvalue weighted by molar-refractivity contribution is -0.121. The summed E-state index contributed by atoms with van der Waals surface area (Å²) in [5.41, 5.74) is 2.66. The first-order chi connectivity index (χ1) is 11.7. The number of fused-ring (bicyclic) bond motifs is 1. The van der Waals surface area contributed by atoms with Crippen molar-refractivity contribution in [1.82, 2.24) is 0 Å². The van der Waals surface area contributed by atoms with Crippen LogP contribution in [0.1, 0.15) is 5.56 Å². The van der Waals surface area contributed by atoms with E-state index in [1.165, 1.54) is 0 Å². The van der Waals surface area contributed by atoms with Crippen molar-refractivity contribution in [2.75, 3.05) is 30.5 Å². The Balaban J connectivity index is 1.77. The van der Waals surface area contributed by atoms with Crippen molar-refractivity contribution in [3.8, 4) is 23.8 Å². The molecule has 24 heavy (non-hydrogen) atoms. The molecule has 0 atom stereocenters. The van der Waals surface area contributed by atoms with Crippen LogP contribution in [0.25, 0.3) is 0 Å². The van der Waals surface area contributed by atoms with Gasteiger partial charge in [-0.25, -0.2) is 0 Å². The molecule has 0 unspecified atom stereocenters. The first-order valence-electron chi connectivity index (χ1n) is 7.59. The molecule has 0 saturated heterocycles. The maximum Gasteiger partial charge on any atom is 0.265 e. The summed E-state index contributed by atoms with van der Waals surface area (Å²) in [4.78, 5) is 13.4. The zero-order valence-corrected chi connectivity index (χ0v) is 13.4. The van der Waals surface area contributed by atoms with Crippen molar-refractivity contribution < 1.29 is 14.3 Å². The van der Waals surface area contributed by atoms with Gasteiger partial charge in [0.1, 0.15) is 11.5 Å². The number of carbonyl (C=O) groups is 1. The molecule has 0 aromatic heterocycles. The second-order valence-electron chi connectivity index (χ2n) is 5.32. The van der Waals surface area contributed by atoms with Crippen LogP contribution in [-0.2, 0) is 11.3 Å². The van der Waals surface area contributed by atoms with Crippen LogP contribution in [-0.4, -0.2) is 26.2 Å². The molecule has 3 rings (SSSR count). The zero-order chi connectivity index (χ0) is 16.9. The average molecular weight is 322 g/mol. The highest BCUT2D eigenvalue weighted by Gasteiger charge is 2.24. The number of terminal acetylenes is 1. The van der Waals surface area contributed by atoms with Gasteiger partial charge in [-0.2, -0.15) is 0 Å². The maximum atomic E-state index is 11.9. The summed E-state index contributed by atoms with van der Waals surface area (Å²) in [5.74, 6) is 3.86. The Hall–Kier alpha value is -3.13. The molecule has 2 aromatic rings. The van der Waals surface area contributed by atoms with Crippen LogP contribution in [0, 0.1) is 12.3 Å². The minimum Gasteiger partial charge on any atom is -0.496 e. The monoisotopic (exact) mass is 322 g/mol. The zero-order valence-electron chi connectivity index (χ0n) is 13.4. The highest BCUT2D eigenvalue weighted by Crippen LogP contribution is 2.34. The normalized spacial score (nSPS) is 12.8. The Labute approximate surface area is 141 Å². The lowest BCUT2D eigenvalue weighted by atomic mass is 10.1. The SMILES string of the molecule is C#CCN1C(=O)COc2cc(NCc3ccccc3OC)ccc21. The van der Waals surface area contributed by atoms with Crippen molar-refractivity contribution in [2.24, 2.45) is 0 Å². The standard InChI is InChI=1S/C19H18N2O3/c1-3-10-21-16-9-8-15(11-18(16)24-13-19(21)22)20-12-14-6-4-5-7-17(14)23-2/h1,4-9,11,20H,10,12-13H2,2H3. The van der Waals surface area contributed by atoms with Crippen molar-refractivity contribution in [3.05, 3.63) is 48.0 Å². The third kappa shape index (κ3) is 3.13. The van der Waals surface area contributed by atoms with Gasteiger partial charge >= 0.3 is 0 Å². The lowest BCUT2D eigenvalue weighted by Crippen LogP contribution is -2.38. The Morgan fingerprint density at radius 1 is 1.33 bits per heavy atom. The molecule has 5 nitrogen and oxygen atoms in total. The fourth-order valence-corrected chi connectivity index (χ4v) is 2.63. The summed E-state index contributed by atoms with van der Waals surface area (Å²) in [6, 6.07) is 13.5. The second kappa shape index (κ2) is 6.97. The van der Waals surface area contributed by atoms with Crippen LogP contribution in [0.15, 0.2) is 42.5 Å². The molecule has 0 fully saturated rings. The number of para-hydroxylation sites is 1. The summed E-state index contributed by atoms with van der Waals surface area (Å²) in [5, 5.41) is 3.34. The summed E-state index contributed by atoms with van der Waals surface area (Å²) < 4.78 is 10.9. The van der Waals surface area contributed by atoms with Crippen LogP contribution in [0.3, 0.4) is 0 Å². The average Bonchev–Trinajstić information content (AvgIpc) is 2.62. The van der Waals surface area contributed by atoms with Gasteiger partial charge in [-0.1, -0.05) is 24.1 Å².